The molecule has 0 amide bonds. The predicted molar refractivity (Wildman–Crippen MR) is 74.3 cm³/mol. The third-order valence-electron chi connectivity index (χ3n) is 2.70. The van der Waals surface area contributed by atoms with Gasteiger partial charge in [-0.1, -0.05) is 30.3 Å². The van der Waals surface area contributed by atoms with Crippen molar-refractivity contribution in [3.8, 4) is 0 Å². The first-order chi connectivity index (χ1) is 9.34. The summed E-state index contributed by atoms with van der Waals surface area (Å²) in [5.41, 5.74) is 1.18. The van der Waals surface area contributed by atoms with Crippen molar-refractivity contribution in [1.29, 1.82) is 0 Å². The monoisotopic (exact) mass is 289 g/mol. The Kier molecular flexibility index (Phi) is 3.56. The molecule has 0 fully saturated rings. The van der Waals surface area contributed by atoms with Crippen LogP contribution in [-0.4, -0.2) is 25.2 Å². The molecule has 0 saturated carbocycles. The maximum Gasteiger partial charge on any atom is 0.216 e. The van der Waals surface area contributed by atoms with Crippen molar-refractivity contribution in [3.63, 3.8) is 0 Å². The fraction of sp³-hybridized carbons (Fsp3) is 0.167. The molecule has 7 heteroatoms. The van der Waals surface area contributed by atoms with E-state index in [4.69, 9.17) is 0 Å². The van der Waals surface area contributed by atoms with Gasteiger partial charge in [-0.15, -0.1) is 16.4 Å². The molecule has 0 aliphatic rings. The van der Waals surface area contributed by atoms with E-state index in [0.717, 1.165) is 9.50 Å². The summed E-state index contributed by atoms with van der Waals surface area (Å²) in [6, 6.07) is 10.3. The maximum atomic E-state index is 4.24. The summed E-state index contributed by atoms with van der Waals surface area (Å²) >= 11 is 3.07. The van der Waals surface area contributed by atoms with Crippen LogP contribution in [0.4, 0.5) is 0 Å². The van der Waals surface area contributed by atoms with E-state index in [-0.39, 0.29) is 6.04 Å². The van der Waals surface area contributed by atoms with Crippen molar-refractivity contribution in [2.45, 2.75) is 22.5 Å². The molecule has 1 atom stereocenters. The van der Waals surface area contributed by atoms with Crippen LogP contribution in [0.5, 0.6) is 0 Å². The minimum atomic E-state index is 0.0960. The number of hydrogen-bond donors (Lipinski definition) is 0. The Morgan fingerprint density at radius 3 is 2.84 bits per heavy atom. The van der Waals surface area contributed by atoms with E-state index in [1.54, 1.807) is 17.5 Å². The van der Waals surface area contributed by atoms with E-state index in [0.29, 0.717) is 0 Å². The summed E-state index contributed by atoms with van der Waals surface area (Å²) in [5.74, 6) is 0. The van der Waals surface area contributed by atoms with Crippen molar-refractivity contribution in [2.75, 3.05) is 0 Å². The number of tetrazole rings is 1. The van der Waals surface area contributed by atoms with Crippen LogP contribution >= 0.6 is 23.1 Å². The van der Waals surface area contributed by atoms with Gasteiger partial charge in [0, 0.05) is 11.6 Å². The molecule has 0 aliphatic heterocycles. The molecule has 3 rings (SSSR count). The number of rotatable bonds is 4. The number of benzene rings is 1. The van der Waals surface area contributed by atoms with Gasteiger partial charge < -0.3 is 0 Å². The second-order valence-corrected chi connectivity index (χ2v) is 6.00. The summed E-state index contributed by atoms with van der Waals surface area (Å²) < 4.78 is 2.76. The lowest BCUT2D eigenvalue weighted by Crippen LogP contribution is -2.09. The van der Waals surface area contributed by atoms with Crippen LogP contribution < -0.4 is 0 Å². The SMILES string of the molecule is CC(c1ccccc1)n1nnnc1Sc1nccs1. The predicted octanol–water partition coefficient (Wildman–Crippen LogP) is 2.89. The molecule has 96 valence electrons. The number of thiazole rings is 1. The number of hydrogen-bond acceptors (Lipinski definition) is 6. The highest BCUT2D eigenvalue weighted by Crippen LogP contribution is 2.29. The highest BCUT2D eigenvalue weighted by Gasteiger charge is 2.16. The van der Waals surface area contributed by atoms with Gasteiger partial charge in [-0.05, 0) is 34.7 Å². The van der Waals surface area contributed by atoms with Crippen LogP contribution in [0.1, 0.15) is 18.5 Å². The molecule has 1 aromatic carbocycles. The standard InChI is InChI=1S/C12H11N5S2/c1-9(10-5-3-2-4-6-10)17-11(14-15-16-17)19-12-13-7-8-18-12/h2-9H,1H3. The van der Waals surface area contributed by atoms with Crippen LogP contribution in [0.2, 0.25) is 0 Å². The zero-order valence-electron chi connectivity index (χ0n) is 10.2. The van der Waals surface area contributed by atoms with Gasteiger partial charge in [0.2, 0.25) is 5.16 Å². The fourth-order valence-corrected chi connectivity index (χ4v) is 3.29. The molecule has 1 unspecified atom stereocenters. The van der Waals surface area contributed by atoms with Crippen LogP contribution in [0.3, 0.4) is 0 Å². The molecule has 0 bridgehead atoms. The Bertz CT molecular complexity index is 635. The molecule has 5 nitrogen and oxygen atoms in total. The summed E-state index contributed by atoms with van der Waals surface area (Å²) in [4.78, 5) is 4.24. The van der Waals surface area contributed by atoms with E-state index < -0.39 is 0 Å². The topological polar surface area (TPSA) is 56.5 Å². The Hall–Kier alpha value is -1.73. The lowest BCUT2D eigenvalue weighted by atomic mass is 10.1. The molecule has 0 N–H and O–H groups in total. The second-order valence-electron chi connectivity index (χ2n) is 3.89. The van der Waals surface area contributed by atoms with Gasteiger partial charge in [-0.3, -0.25) is 0 Å². The molecular formula is C12H11N5S2. The molecule has 3 aromatic rings. The Morgan fingerprint density at radius 2 is 2.11 bits per heavy atom. The summed E-state index contributed by atoms with van der Waals surface area (Å²) in [5, 5.41) is 14.6. The Labute approximate surface area is 118 Å². The molecule has 0 spiro atoms. The van der Waals surface area contributed by atoms with Crippen molar-refractivity contribution in [2.24, 2.45) is 0 Å². The van der Waals surface area contributed by atoms with Gasteiger partial charge >= 0.3 is 0 Å². The smallest absolute Gasteiger partial charge is 0.216 e. The molecule has 2 heterocycles. The van der Waals surface area contributed by atoms with Crippen molar-refractivity contribution in [1.82, 2.24) is 25.2 Å². The fourth-order valence-electron chi connectivity index (χ4n) is 1.71. The highest BCUT2D eigenvalue weighted by atomic mass is 32.2. The third kappa shape index (κ3) is 2.66. The highest BCUT2D eigenvalue weighted by molar-refractivity contribution is 8.00. The first-order valence-electron chi connectivity index (χ1n) is 5.75. The van der Waals surface area contributed by atoms with Crippen molar-refractivity contribution < 1.29 is 0 Å². The van der Waals surface area contributed by atoms with Gasteiger partial charge in [0.1, 0.15) is 0 Å². The van der Waals surface area contributed by atoms with E-state index in [9.17, 15) is 0 Å². The zero-order valence-corrected chi connectivity index (χ0v) is 11.8. The molecule has 0 aliphatic carbocycles. The summed E-state index contributed by atoms with van der Waals surface area (Å²) in [6.07, 6.45) is 1.78. The molecule has 0 saturated heterocycles. The summed E-state index contributed by atoms with van der Waals surface area (Å²) in [7, 11) is 0. The molecule has 0 radical (unpaired) electrons. The third-order valence-corrected chi connectivity index (χ3v) is 4.53. The van der Waals surface area contributed by atoms with Gasteiger partial charge in [0.15, 0.2) is 4.34 Å². The van der Waals surface area contributed by atoms with E-state index >= 15 is 0 Å². The summed E-state index contributed by atoms with van der Waals surface area (Å²) in [6.45, 7) is 2.08. The van der Waals surface area contributed by atoms with E-state index in [1.165, 1.54) is 17.3 Å². The molecule has 2 aromatic heterocycles. The quantitative estimate of drug-likeness (QED) is 0.739. The molecule has 19 heavy (non-hydrogen) atoms. The van der Waals surface area contributed by atoms with Gasteiger partial charge in [0.25, 0.3) is 0 Å². The number of aromatic nitrogens is 5. The second kappa shape index (κ2) is 5.50. The van der Waals surface area contributed by atoms with Crippen molar-refractivity contribution >= 4 is 23.1 Å². The zero-order chi connectivity index (χ0) is 13.1. The lowest BCUT2D eigenvalue weighted by molar-refractivity contribution is 0.504. The van der Waals surface area contributed by atoms with Crippen molar-refractivity contribution in [3.05, 3.63) is 47.5 Å². The lowest BCUT2D eigenvalue weighted by Gasteiger charge is -2.12. The normalized spacial score (nSPS) is 12.5. The average molecular weight is 289 g/mol. The minimum absolute atomic E-state index is 0.0960. The molecular weight excluding hydrogens is 278 g/mol. The minimum Gasteiger partial charge on any atom is -0.238 e. The Morgan fingerprint density at radius 1 is 1.26 bits per heavy atom. The Balaban J connectivity index is 1.88. The van der Waals surface area contributed by atoms with Gasteiger partial charge in [0.05, 0.1) is 6.04 Å². The van der Waals surface area contributed by atoms with Crippen LogP contribution in [0.15, 0.2) is 51.4 Å². The van der Waals surface area contributed by atoms with Gasteiger partial charge in [-0.2, -0.15) is 0 Å². The number of nitrogens with zero attached hydrogens (tertiary/aromatic N) is 5. The van der Waals surface area contributed by atoms with E-state index in [1.807, 2.05) is 28.3 Å². The first-order valence-corrected chi connectivity index (χ1v) is 7.44. The largest absolute Gasteiger partial charge is 0.238 e. The maximum absolute atomic E-state index is 4.24. The van der Waals surface area contributed by atoms with Crippen LogP contribution in [0.25, 0.3) is 0 Å². The van der Waals surface area contributed by atoms with Crippen LogP contribution in [-0.2, 0) is 0 Å². The van der Waals surface area contributed by atoms with Crippen LogP contribution in [0, 0.1) is 0 Å². The average Bonchev–Trinajstić information content (AvgIpc) is 3.11. The first kappa shape index (κ1) is 12.3. The van der Waals surface area contributed by atoms with Gasteiger partial charge in [-0.25, -0.2) is 9.67 Å². The van der Waals surface area contributed by atoms with E-state index in [2.05, 4.69) is 39.6 Å².